The molecule has 23 heavy (non-hydrogen) atoms. The Bertz CT molecular complexity index is 678. The number of amides is 1. The van der Waals surface area contributed by atoms with Crippen molar-refractivity contribution >= 4 is 5.91 Å². The number of carbonyl (C=O) groups is 1. The molecule has 2 aromatic rings. The average molecular weight is 314 g/mol. The van der Waals surface area contributed by atoms with Crippen LogP contribution in [0.15, 0.2) is 28.8 Å². The Kier molecular flexibility index (Phi) is 4.43. The van der Waals surface area contributed by atoms with Crippen LogP contribution in [-0.2, 0) is 11.3 Å². The van der Waals surface area contributed by atoms with Gasteiger partial charge in [0.15, 0.2) is 0 Å². The quantitative estimate of drug-likeness (QED) is 0.848. The summed E-state index contributed by atoms with van der Waals surface area (Å²) in [6, 6.07) is 8.07. The van der Waals surface area contributed by atoms with Gasteiger partial charge in [0.2, 0.25) is 17.6 Å². The second-order valence-corrected chi connectivity index (χ2v) is 6.21. The van der Waals surface area contributed by atoms with Crippen LogP contribution in [-0.4, -0.2) is 46.5 Å². The minimum absolute atomic E-state index is 0.0803. The Morgan fingerprint density at radius 2 is 2.04 bits per heavy atom. The smallest absolute Gasteiger partial charge is 0.244 e. The van der Waals surface area contributed by atoms with Gasteiger partial charge in [0.25, 0.3) is 0 Å². The van der Waals surface area contributed by atoms with E-state index in [1.807, 2.05) is 55.1 Å². The van der Waals surface area contributed by atoms with Crippen molar-refractivity contribution < 1.29 is 9.32 Å². The number of likely N-dealkylation sites (tertiary alicyclic amines) is 1. The number of rotatable bonds is 5. The Balaban J connectivity index is 1.71. The lowest BCUT2D eigenvalue weighted by Gasteiger charge is -2.15. The van der Waals surface area contributed by atoms with Crippen LogP contribution < -0.4 is 0 Å². The van der Waals surface area contributed by atoms with Crippen molar-refractivity contribution in [1.82, 2.24) is 19.9 Å². The molecule has 0 unspecified atom stereocenters. The summed E-state index contributed by atoms with van der Waals surface area (Å²) in [7, 11) is 3.95. The van der Waals surface area contributed by atoms with E-state index in [0.29, 0.717) is 24.7 Å². The summed E-state index contributed by atoms with van der Waals surface area (Å²) in [5.74, 6) is 1.45. The van der Waals surface area contributed by atoms with Crippen molar-refractivity contribution in [2.24, 2.45) is 0 Å². The van der Waals surface area contributed by atoms with Crippen LogP contribution in [0.5, 0.6) is 0 Å². The van der Waals surface area contributed by atoms with E-state index in [-0.39, 0.29) is 11.9 Å². The zero-order valence-electron chi connectivity index (χ0n) is 13.8. The summed E-state index contributed by atoms with van der Waals surface area (Å²) in [5.41, 5.74) is 2.04. The van der Waals surface area contributed by atoms with Crippen molar-refractivity contribution in [3.05, 3.63) is 35.7 Å². The number of nitrogens with zero attached hydrogens (tertiary/aromatic N) is 4. The van der Waals surface area contributed by atoms with Gasteiger partial charge in [0.1, 0.15) is 0 Å². The lowest BCUT2D eigenvalue weighted by atomic mass is 10.1. The van der Waals surface area contributed by atoms with Gasteiger partial charge in [-0.3, -0.25) is 9.69 Å². The summed E-state index contributed by atoms with van der Waals surface area (Å²) in [6.07, 6.45) is 1.64. The first kappa shape index (κ1) is 15.7. The lowest BCUT2D eigenvalue weighted by molar-refractivity contribution is -0.128. The number of carbonyl (C=O) groups excluding carboxylic acids is 1. The van der Waals surface area contributed by atoms with Gasteiger partial charge in [0.05, 0.1) is 6.04 Å². The summed E-state index contributed by atoms with van der Waals surface area (Å²) >= 11 is 0. The van der Waals surface area contributed by atoms with E-state index in [4.69, 9.17) is 4.52 Å². The minimum atomic E-state index is 0.0803. The topological polar surface area (TPSA) is 62.5 Å². The first-order valence-electron chi connectivity index (χ1n) is 7.91. The maximum atomic E-state index is 11.7. The van der Waals surface area contributed by atoms with Crippen molar-refractivity contribution in [2.75, 3.05) is 20.6 Å². The number of benzene rings is 1. The molecule has 1 aliphatic heterocycles. The molecule has 6 heteroatoms. The van der Waals surface area contributed by atoms with Gasteiger partial charge in [-0.25, -0.2) is 0 Å². The molecule has 1 saturated heterocycles. The molecule has 6 nitrogen and oxygen atoms in total. The highest BCUT2D eigenvalue weighted by Gasteiger charge is 2.20. The van der Waals surface area contributed by atoms with Gasteiger partial charge in [0, 0.05) is 25.1 Å². The third-order valence-electron chi connectivity index (χ3n) is 4.33. The van der Waals surface area contributed by atoms with Gasteiger partial charge in [-0.2, -0.15) is 4.98 Å². The van der Waals surface area contributed by atoms with E-state index in [2.05, 4.69) is 10.1 Å². The van der Waals surface area contributed by atoms with Crippen LogP contribution in [0.3, 0.4) is 0 Å². The van der Waals surface area contributed by atoms with Crippen molar-refractivity contribution in [2.45, 2.75) is 32.4 Å². The number of aromatic nitrogens is 2. The van der Waals surface area contributed by atoms with Gasteiger partial charge >= 0.3 is 0 Å². The molecule has 0 N–H and O–H groups in total. The zero-order valence-corrected chi connectivity index (χ0v) is 13.8. The number of hydrogen-bond acceptors (Lipinski definition) is 5. The molecular weight excluding hydrogens is 292 g/mol. The molecule has 1 aromatic carbocycles. The lowest BCUT2D eigenvalue weighted by Crippen LogP contribution is -2.23. The molecule has 1 amide bonds. The Labute approximate surface area is 136 Å². The SMILES string of the molecule is C[C@@H](c1nc(-c2ccc(CN3CCCC3=O)cc2)no1)N(C)C. The van der Waals surface area contributed by atoms with Crippen LogP contribution in [0.2, 0.25) is 0 Å². The summed E-state index contributed by atoms with van der Waals surface area (Å²) in [4.78, 5) is 20.1. The first-order chi connectivity index (χ1) is 11.0. The second kappa shape index (κ2) is 6.50. The highest BCUT2D eigenvalue weighted by atomic mass is 16.5. The third-order valence-corrected chi connectivity index (χ3v) is 4.33. The molecule has 1 fully saturated rings. The van der Waals surface area contributed by atoms with E-state index in [0.717, 1.165) is 24.1 Å². The predicted octanol–water partition coefficient (Wildman–Crippen LogP) is 2.48. The summed E-state index contributed by atoms with van der Waals surface area (Å²) in [5, 5.41) is 4.06. The van der Waals surface area contributed by atoms with Gasteiger partial charge in [-0.15, -0.1) is 0 Å². The first-order valence-corrected chi connectivity index (χ1v) is 7.91. The van der Waals surface area contributed by atoms with Gasteiger partial charge in [-0.05, 0) is 33.0 Å². The fraction of sp³-hybridized carbons (Fsp3) is 0.471. The molecule has 122 valence electrons. The average Bonchev–Trinajstić information content (AvgIpc) is 3.17. The standard InChI is InChI=1S/C17H22N4O2/c1-12(20(2)3)17-18-16(19-23-17)14-8-6-13(7-9-14)11-21-10-4-5-15(21)22/h6-9,12H,4-5,10-11H2,1-3H3/t12-/m0/s1. The second-order valence-electron chi connectivity index (χ2n) is 6.21. The third kappa shape index (κ3) is 3.42. The summed E-state index contributed by atoms with van der Waals surface area (Å²) in [6.45, 7) is 3.55. The molecule has 0 spiro atoms. The molecule has 1 aromatic heterocycles. The van der Waals surface area contributed by atoms with Gasteiger partial charge in [-0.1, -0.05) is 29.4 Å². The Morgan fingerprint density at radius 3 is 2.65 bits per heavy atom. The fourth-order valence-corrected chi connectivity index (χ4v) is 2.59. The van der Waals surface area contributed by atoms with E-state index < -0.39 is 0 Å². The molecule has 0 radical (unpaired) electrons. The monoisotopic (exact) mass is 314 g/mol. The molecule has 1 atom stereocenters. The van der Waals surface area contributed by atoms with Crippen LogP contribution in [0, 0.1) is 0 Å². The van der Waals surface area contributed by atoms with Crippen LogP contribution in [0.25, 0.3) is 11.4 Å². The molecule has 1 aliphatic rings. The van der Waals surface area contributed by atoms with E-state index in [9.17, 15) is 4.79 Å². The van der Waals surface area contributed by atoms with Crippen molar-refractivity contribution in [3.63, 3.8) is 0 Å². The van der Waals surface area contributed by atoms with Crippen molar-refractivity contribution in [1.29, 1.82) is 0 Å². The molecule has 0 bridgehead atoms. The minimum Gasteiger partial charge on any atom is -0.338 e. The van der Waals surface area contributed by atoms with E-state index in [1.165, 1.54) is 0 Å². The van der Waals surface area contributed by atoms with Crippen molar-refractivity contribution in [3.8, 4) is 11.4 Å². The highest BCUT2D eigenvalue weighted by molar-refractivity contribution is 5.78. The Hall–Kier alpha value is -2.21. The van der Waals surface area contributed by atoms with E-state index >= 15 is 0 Å². The van der Waals surface area contributed by atoms with Crippen LogP contribution in [0.1, 0.15) is 37.3 Å². The molecule has 0 aliphatic carbocycles. The van der Waals surface area contributed by atoms with Crippen LogP contribution in [0.4, 0.5) is 0 Å². The molecular formula is C17H22N4O2. The molecule has 0 saturated carbocycles. The largest absolute Gasteiger partial charge is 0.338 e. The van der Waals surface area contributed by atoms with Crippen LogP contribution >= 0.6 is 0 Å². The highest BCUT2D eigenvalue weighted by Crippen LogP contribution is 2.22. The normalized spacial score (nSPS) is 16.3. The maximum absolute atomic E-state index is 11.7. The van der Waals surface area contributed by atoms with Gasteiger partial charge < -0.3 is 9.42 Å². The maximum Gasteiger partial charge on any atom is 0.244 e. The predicted molar refractivity (Wildman–Crippen MR) is 86.5 cm³/mol. The van der Waals surface area contributed by atoms with E-state index in [1.54, 1.807) is 0 Å². The Morgan fingerprint density at radius 1 is 1.30 bits per heavy atom. The number of hydrogen-bond donors (Lipinski definition) is 0. The zero-order chi connectivity index (χ0) is 16.4. The molecule has 2 heterocycles. The molecule has 3 rings (SSSR count). The summed E-state index contributed by atoms with van der Waals surface area (Å²) < 4.78 is 5.34. The fourth-order valence-electron chi connectivity index (χ4n) is 2.59.